The number of aliphatic hydroxyl groups is 1. The molecule has 1 heterocycles. The van der Waals surface area contributed by atoms with Crippen molar-refractivity contribution in [3.05, 3.63) is 59.7 Å². The fraction of sp³-hybridized carbons (Fsp3) is 0.250. The smallest absolute Gasteiger partial charge is 0.150 e. The highest BCUT2D eigenvalue weighted by Gasteiger charge is 2.29. The van der Waals surface area contributed by atoms with Crippen molar-refractivity contribution < 1.29 is 14.6 Å². The van der Waals surface area contributed by atoms with Crippen LogP contribution >= 0.6 is 0 Å². The molecule has 19 heavy (non-hydrogen) atoms. The minimum Gasteiger partial charge on any atom is -0.497 e. The minimum atomic E-state index is -0.525. The average molecular weight is 256 g/mol. The third kappa shape index (κ3) is 2.29. The van der Waals surface area contributed by atoms with Crippen LogP contribution in [-0.2, 0) is 6.42 Å². The van der Waals surface area contributed by atoms with Gasteiger partial charge in [-0.2, -0.15) is 0 Å². The fourth-order valence-corrected chi connectivity index (χ4v) is 2.42. The van der Waals surface area contributed by atoms with Gasteiger partial charge in [-0.05, 0) is 29.3 Å². The van der Waals surface area contributed by atoms with Crippen LogP contribution in [0.3, 0.4) is 0 Å². The molecule has 0 amide bonds. The predicted molar refractivity (Wildman–Crippen MR) is 72.5 cm³/mol. The van der Waals surface area contributed by atoms with Crippen molar-refractivity contribution in [2.24, 2.45) is 0 Å². The molecule has 3 rings (SSSR count). The number of ether oxygens (including phenoxy) is 2. The summed E-state index contributed by atoms with van der Waals surface area (Å²) in [5.74, 6) is 1.66. The van der Waals surface area contributed by atoms with Crippen molar-refractivity contribution in [1.82, 2.24) is 0 Å². The maximum absolute atomic E-state index is 10.2. The lowest BCUT2D eigenvalue weighted by Gasteiger charge is -2.30. The van der Waals surface area contributed by atoms with Gasteiger partial charge in [-0.1, -0.05) is 30.3 Å². The highest BCUT2D eigenvalue weighted by atomic mass is 16.5. The fourth-order valence-electron chi connectivity index (χ4n) is 2.42. The first kappa shape index (κ1) is 12.1. The Morgan fingerprint density at radius 2 is 1.84 bits per heavy atom. The van der Waals surface area contributed by atoms with E-state index in [0.717, 1.165) is 22.6 Å². The molecule has 2 aromatic carbocycles. The van der Waals surface area contributed by atoms with Crippen LogP contribution in [0.5, 0.6) is 11.5 Å². The number of aliphatic hydroxyl groups excluding tert-OH is 1. The Bertz CT molecular complexity index is 562. The lowest BCUT2D eigenvalue weighted by molar-refractivity contribution is 0.0208. The lowest BCUT2D eigenvalue weighted by atomic mass is 9.95. The second-order valence-corrected chi connectivity index (χ2v) is 4.69. The summed E-state index contributed by atoms with van der Waals surface area (Å²) in [6, 6.07) is 15.5. The molecule has 0 aromatic heterocycles. The van der Waals surface area contributed by atoms with Crippen LogP contribution in [0.1, 0.15) is 17.2 Å². The van der Waals surface area contributed by atoms with E-state index >= 15 is 0 Å². The van der Waals surface area contributed by atoms with Crippen LogP contribution < -0.4 is 9.47 Å². The highest BCUT2D eigenvalue weighted by Crippen LogP contribution is 2.35. The lowest BCUT2D eigenvalue weighted by Crippen LogP contribution is -2.30. The summed E-state index contributed by atoms with van der Waals surface area (Å²) in [6.45, 7) is 0. The first-order valence-electron chi connectivity index (χ1n) is 6.34. The molecule has 1 N–H and O–H groups in total. The number of para-hydroxylation sites is 1. The van der Waals surface area contributed by atoms with E-state index in [-0.39, 0.29) is 6.10 Å². The summed E-state index contributed by atoms with van der Waals surface area (Å²) in [7, 11) is 1.64. The van der Waals surface area contributed by atoms with Gasteiger partial charge in [0.25, 0.3) is 0 Å². The van der Waals surface area contributed by atoms with E-state index in [1.807, 2.05) is 48.5 Å². The van der Waals surface area contributed by atoms with Gasteiger partial charge in [0.1, 0.15) is 17.6 Å². The van der Waals surface area contributed by atoms with Gasteiger partial charge in [-0.3, -0.25) is 0 Å². The van der Waals surface area contributed by atoms with Gasteiger partial charge in [0.05, 0.1) is 13.2 Å². The van der Waals surface area contributed by atoms with Crippen molar-refractivity contribution in [3.63, 3.8) is 0 Å². The summed E-state index contributed by atoms with van der Waals surface area (Å²) < 4.78 is 11.0. The molecule has 0 fully saturated rings. The molecule has 0 radical (unpaired) electrons. The second-order valence-electron chi connectivity index (χ2n) is 4.69. The maximum atomic E-state index is 10.2. The number of benzene rings is 2. The van der Waals surface area contributed by atoms with Crippen LogP contribution in [0.15, 0.2) is 48.5 Å². The quantitative estimate of drug-likeness (QED) is 0.898. The Hall–Kier alpha value is -2.00. The third-order valence-electron chi connectivity index (χ3n) is 3.45. The monoisotopic (exact) mass is 256 g/mol. The molecule has 2 aromatic rings. The van der Waals surface area contributed by atoms with E-state index < -0.39 is 6.10 Å². The number of methoxy groups -OCH3 is 1. The standard InChI is InChI=1S/C16H16O3/c1-18-13-8-6-11(7-9-13)16-14(17)10-12-4-2-3-5-15(12)19-16/h2-9,14,16-17H,10H2,1H3/t14-,16+/m0/s1. The summed E-state index contributed by atoms with van der Waals surface area (Å²) in [6.07, 6.45) is -0.225. The highest BCUT2D eigenvalue weighted by molar-refractivity contribution is 5.38. The Balaban J connectivity index is 1.89. The zero-order valence-electron chi connectivity index (χ0n) is 10.7. The molecule has 0 bridgehead atoms. The van der Waals surface area contributed by atoms with Gasteiger partial charge in [-0.25, -0.2) is 0 Å². The molecule has 3 heteroatoms. The van der Waals surface area contributed by atoms with Gasteiger partial charge < -0.3 is 14.6 Å². The maximum Gasteiger partial charge on any atom is 0.150 e. The molecule has 0 aliphatic carbocycles. The molecule has 1 aliphatic rings. The average Bonchev–Trinajstić information content (AvgIpc) is 2.47. The first-order valence-corrected chi connectivity index (χ1v) is 6.34. The zero-order valence-corrected chi connectivity index (χ0v) is 10.7. The minimum absolute atomic E-state index is 0.319. The third-order valence-corrected chi connectivity index (χ3v) is 3.45. The number of hydrogen-bond donors (Lipinski definition) is 1. The zero-order chi connectivity index (χ0) is 13.2. The van der Waals surface area contributed by atoms with E-state index in [4.69, 9.17) is 9.47 Å². The number of rotatable bonds is 2. The first-order chi connectivity index (χ1) is 9.28. The van der Waals surface area contributed by atoms with Gasteiger partial charge in [0, 0.05) is 6.42 Å². The van der Waals surface area contributed by atoms with Crippen molar-refractivity contribution in [2.75, 3.05) is 7.11 Å². The Morgan fingerprint density at radius 3 is 2.58 bits per heavy atom. The van der Waals surface area contributed by atoms with Gasteiger partial charge in [-0.15, -0.1) is 0 Å². The molecule has 1 aliphatic heterocycles. The summed E-state index contributed by atoms with van der Waals surface area (Å²) in [4.78, 5) is 0. The molecular weight excluding hydrogens is 240 g/mol. The van der Waals surface area contributed by atoms with Crippen molar-refractivity contribution in [1.29, 1.82) is 0 Å². The molecule has 3 nitrogen and oxygen atoms in total. The van der Waals surface area contributed by atoms with Crippen molar-refractivity contribution >= 4 is 0 Å². The van der Waals surface area contributed by atoms with E-state index in [2.05, 4.69) is 0 Å². The molecule has 0 unspecified atom stereocenters. The Kier molecular flexibility index (Phi) is 3.13. The Morgan fingerprint density at radius 1 is 1.11 bits per heavy atom. The van der Waals surface area contributed by atoms with Gasteiger partial charge >= 0.3 is 0 Å². The molecule has 0 saturated heterocycles. The molecular formula is C16H16O3. The largest absolute Gasteiger partial charge is 0.497 e. The van der Waals surface area contributed by atoms with E-state index in [0.29, 0.717) is 6.42 Å². The topological polar surface area (TPSA) is 38.7 Å². The van der Waals surface area contributed by atoms with Crippen LogP contribution in [0.2, 0.25) is 0 Å². The molecule has 98 valence electrons. The van der Waals surface area contributed by atoms with Crippen LogP contribution in [-0.4, -0.2) is 18.3 Å². The molecule has 2 atom stereocenters. The van der Waals surface area contributed by atoms with Crippen molar-refractivity contribution in [3.8, 4) is 11.5 Å². The van der Waals surface area contributed by atoms with Crippen LogP contribution in [0.4, 0.5) is 0 Å². The van der Waals surface area contributed by atoms with Crippen LogP contribution in [0, 0.1) is 0 Å². The summed E-state index contributed by atoms with van der Waals surface area (Å²) >= 11 is 0. The molecule has 0 spiro atoms. The van der Waals surface area contributed by atoms with Gasteiger partial charge in [0.2, 0.25) is 0 Å². The molecule has 0 saturated carbocycles. The normalized spacial score (nSPS) is 21.4. The van der Waals surface area contributed by atoms with E-state index in [1.165, 1.54) is 0 Å². The van der Waals surface area contributed by atoms with Crippen molar-refractivity contribution in [2.45, 2.75) is 18.6 Å². The predicted octanol–water partition coefficient (Wildman–Crippen LogP) is 2.73. The van der Waals surface area contributed by atoms with Crippen LogP contribution in [0.25, 0.3) is 0 Å². The van der Waals surface area contributed by atoms with Gasteiger partial charge in [0.15, 0.2) is 0 Å². The SMILES string of the molecule is COc1ccc([C@H]2Oc3ccccc3C[C@@H]2O)cc1. The Labute approximate surface area is 112 Å². The second kappa shape index (κ2) is 4.94. The van der Waals surface area contributed by atoms with E-state index in [1.54, 1.807) is 7.11 Å². The number of fused-ring (bicyclic) bond motifs is 1. The van der Waals surface area contributed by atoms with E-state index in [9.17, 15) is 5.11 Å². The number of hydrogen-bond acceptors (Lipinski definition) is 3. The summed E-state index contributed by atoms with van der Waals surface area (Å²) in [5.41, 5.74) is 2.02. The summed E-state index contributed by atoms with van der Waals surface area (Å²) in [5, 5.41) is 10.2.